The quantitative estimate of drug-likeness (QED) is 0.363. The summed E-state index contributed by atoms with van der Waals surface area (Å²) in [4.78, 5) is 33.2. The molecule has 210 valence electrons. The molecule has 1 aromatic carbocycles. The third-order valence-electron chi connectivity index (χ3n) is 8.71. The average Bonchev–Trinajstić information content (AvgIpc) is 3.80. The number of hydrogen-bond donors (Lipinski definition) is 3. The SMILES string of the molecule is CN1CC2=C1N1C[C@H](n3nnc(-c4ccccc4)n3)C[C@H]1C(=O)N[C@@]1(C(=O)N[S+](=O)(O)C3CC3)C[C@@H]1/C=C\CC2. The molecule has 7 rings (SSSR count). The van der Waals surface area contributed by atoms with Crippen molar-refractivity contribution in [3.8, 4) is 11.4 Å². The van der Waals surface area contributed by atoms with Gasteiger partial charge >= 0.3 is 10.4 Å². The van der Waals surface area contributed by atoms with E-state index in [0.717, 1.165) is 30.8 Å². The summed E-state index contributed by atoms with van der Waals surface area (Å²) < 4.78 is 25.4. The van der Waals surface area contributed by atoms with Crippen LogP contribution in [-0.4, -0.2) is 83.3 Å². The van der Waals surface area contributed by atoms with E-state index in [-0.39, 0.29) is 17.9 Å². The number of amides is 2. The third kappa shape index (κ3) is 4.31. The van der Waals surface area contributed by atoms with Gasteiger partial charge < -0.3 is 15.1 Å². The van der Waals surface area contributed by atoms with E-state index in [4.69, 9.17) is 0 Å². The first-order valence-electron chi connectivity index (χ1n) is 13.9. The largest absolute Gasteiger partial charge is 0.357 e. The Balaban J connectivity index is 1.18. The second-order valence-electron chi connectivity index (χ2n) is 11.6. The van der Waals surface area contributed by atoms with Crippen LogP contribution in [0.25, 0.3) is 11.4 Å². The summed E-state index contributed by atoms with van der Waals surface area (Å²) in [6.45, 7) is 1.37. The maximum atomic E-state index is 14.0. The van der Waals surface area contributed by atoms with Gasteiger partial charge in [-0.15, -0.1) is 14.9 Å². The van der Waals surface area contributed by atoms with Gasteiger partial charge in [-0.05, 0) is 34.3 Å². The van der Waals surface area contributed by atoms with E-state index in [0.29, 0.717) is 38.1 Å². The maximum absolute atomic E-state index is 14.0. The first-order valence-corrected chi connectivity index (χ1v) is 15.4. The predicted molar refractivity (Wildman–Crippen MR) is 146 cm³/mol. The summed E-state index contributed by atoms with van der Waals surface area (Å²) in [5, 5.41) is 15.8. The Morgan fingerprint density at radius 1 is 1.25 bits per heavy atom. The van der Waals surface area contributed by atoms with Crippen molar-refractivity contribution in [1.29, 1.82) is 0 Å². The van der Waals surface area contributed by atoms with Gasteiger partial charge in [-0.3, -0.25) is 9.59 Å². The van der Waals surface area contributed by atoms with Crippen LogP contribution < -0.4 is 10.0 Å². The summed E-state index contributed by atoms with van der Waals surface area (Å²) in [6.07, 6.45) is 7.79. The van der Waals surface area contributed by atoms with Crippen molar-refractivity contribution in [2.75, 3.05) is 20.1 Å². The molecule has 0 bridgehead atoms. The van der Waals surface area contributed by atoms with Gasteiger partial charge in [0.25, 0.3) is 5.91 Å². The molecule has 0 spiro atoms. The van der Waals surface area contributed by atoms with Crippen LogP contribution in [0.15, 0.2) is 53.9 Å². The van der Waals surface area contributed by atoms with Crippen LogP contribution in [-0.2, 0) is 24.2 Å². The molecule has 3 fully saturated rings. The van der Waals surface area contributed by atoms with Crippen molar-refractivity contribution >= 4 is 22.2 Å². The molecule has 12 nitrogen and oxygen atoms in total. The highest BCUT2D eigenvalue weighted by molar-refractivity contribution is 7.97. The lowest BCUT2D eigenvalue weighted by Crippen LogP contribution is -2.58. The number of nitrogens with zero attached hydrogens (tertiary/aromatic N) is 6. The lowest BCUT2D eigenvalue weighted by atomic mass is 10.0. The van der Waals surface area contributed by atoms with Crippen molar-refractivity contribution < 1.29 is 18.4 Å². The molecule has 2 aromatic rings. The molecule has 1 aromatic heterocycles. The van der Waals surface area contributed by atoms with Crippen LogP contribution in [0.4, 0.5) is 0 Å². The second-order valence-corrected chi connectivity index (χ2v) is 13.6. The van der Waals surface area contributed by atoms with Gasteiger partial charge in [0.05, 0.1) is 6.04 Å². The maximum Gasteiger partial charge on any atom is 0.316 e. The Labute approximate surface area is 233 Å². The number of rotatable bonds is 5. The highest BCUT2D eigenvalue weighted by Crippen LogP contribution is 2.47. The van der Waals surface area contributed by atoms with Gasteiger partial charge in [0.2, 0.25) is 11.7 Å². The molecule has 13 heteroatoms. The van der Waals surface area contributed by atoms with Crippen LogP contribution in [0.1, 0.15) is 44.6 Å². The Kier molecular flexibility index (Phi) is 5.86. The van der Waals surface area contributed by atoms with E-state index in [2.05, 4.69) is 41.3 Å². The number of tetrazole rings is 1. The van der Waals surface area contributed by atoms with Gasteiger partial charge in [0.1, 0.15) is 17.4 Å². The van der Waals surface area contributed by atoms with Crippen molar-refractivity contribution in [3.63, 3.8) is 0 Å². The Morgan fingerprint density at radius 2 is 2.05 bits per heavy atom. The zero-order chi connectivity index (χ0) is 27.6. The summed E-state index contributed by atoms with van der Waals surface area (Å²) in [7, 11) is -1.47. The van der Waals surface area contributed by atoms with Gasteiger partial charge in [0, 0.05) is 50.9 Å². The summed E-state index contributed by atoms with van der Waals surface area (Å²) in [6, 6.07) is 8.89. The van der Waals surface area contributed by atoms with E-state index in [9.17, 15) is 18.4 Å². The van der Waals surface area contributed by atoms with Crippen LogP contribution >= 0.6 is 0 Å². The summed E-state index contributed by atoms with van der Waals surface area (Å²) in [5.41, 5.74) is 0.935. The summed E-state index contributed by atoms with van der Waals surface area (Å²) >= 11 is 0. The Morgan fingerprint density at radius 3 is 2.80 bits per heavy atom. The molecule has 1 saturated heterocycles. The zero-order valence-corrected chi connectivity index (χ0v) is 23.1. The molecule has 2 amide bonds. The zero-order valence-electron chi connectivity index (χ0n) is 22.3. The minimum absolute atomic E-state index is 0.197. The molecule has 2 aliphatic carbocycles. The van der Waals surface area contributed by atoms with E-state index < -0.39 is 33.1 Å². The number of hydrogen-bond acceptors (Lipinski definition) is 8. The smallest absolute Gasteiger partial charge is 0.316 e. The number of fused-ring (bicyclic) bond motifs is 3. The van der Waals surface area contributed by atoms with E-state index in [1.165, 1.54) is 5.57 Å². The van der Waals surface area contributed by atoms with Crippen molar-refractivity contribution in [1.82, 2.24) is 40.0 Å². The van der Waals surface area contributed by atoms with Crippen LogP contribution in [0, 0.1) is 5.92 Å². The molecule has 3 N–H and O–H groups in total. The number of nitrogens with one attached hydrogen (secondary N) is 2. The first-order chi connectivity index (χ1) is 19.2. The van der Waals surface area contributed by atoms with Crippen molar-refractivity contribution in [2.45, 2.75) is 61.4 Å². The van der Waals surface area contributed by atoms with Crippen LogP contribution in [0.3, 0.4) is 0 Å². The summed E-state index contributed by atoms with van der Waals surface area (Å²) in [5.74, 6) is 0.480. The Bertz CT molecular complexity index is 1470. The molecule has 2 saturated carbocycles. The van der Waals surface area contributed by atoms with Gasteiger partial charge in [0.15, 0.2) is 5.25 Å². The first kappa shape index (κ1) is 25.4. The van der Waals surface area contributed by atoms with E-state index in [1.807, 2.05) is 43.5 Å². The molecule has 5 atom stereocenters. The monoisotopic (exact) mass is 565 g/mol. The lowest BCUT2D eigenvalue weighted by Gasteiger charge is -2.43. The Hall–Kier alpha value is -3.58. The predicted octanol–water partition coefficient (Wildman–Crippen LogP) is 1.50. The fourth-order valence-corrected chi connectivity index (χ4v) is 7.66. The number of aromatic nitrogens is 4. The van der Waals surface area contributed by atoms with Crippen LogP contribution in [0.2, 0.25) is 0 Å². The molecular formula is C27H33N8O4S+. The second kappa shape index (κ2) is 9.23. The molecule has 1 unspecified atom stereocenters. The number of benzene rings is 1. The lowest BCUT2D eigenvalue weighted by molar-refractivity contribution is -0.131. The third-order valence-corrected chi connectivity index (χ3v) is 10.6. The number of allylic oxidation sites excluding steroid dienone is 1. The minimum Gasteiger partial charge on any atom is -0.357 e. The van der Waals surface area contributed by atoms with E-state index >= 15 is 0 Å². The topological polar surface area (TPSA) is 146 Å². The fraction of sp³-hybridized carbons (Fsp3) is 0.519. The minimum atomic E-state index is -3.49. The molecule has 40 heavy (non-hydrogen) atoms. The van der Waals surface area contributed by atoms with Gasteiger partial charge in [-0.25, -0.2) is 0 Å². The molecule has 0 radical (unpaired) electrons. The number of carbonyl (C=O) groups is 2. The molecule has 4 heterocycles. The highest BCUT2D eigenvalue weighted by atomic mass is 32.3. The van der Waals surface area contributed by atoms with Crippen molar-refractivity contribution in [3.05, 3.63) is 53.9 Å². The van der Waals surface area contributed by atoms with Gasteiger partial charge in [-0.1, -0.05) is 42.5 Å². The molecule has 5 aliphatic rings. The highest BCUT2D eigenvalue weighted by Gasteiger charge is 2.64. The average molecular weight is 566 g/mol. The number of carbonyl (C=O) groups excluding carboxylic acids is 2. The van der Waals surface area contributed by atoms with E-state index in [1.54, 1.807) is 4.80 Å². The normalized spacial score (nSPS) is 31.9. The standard InChI is InChI=1S/C27H32N8O4S/c1-33-15-18-9-5-6-10-19-14-27(19,26(37)31-40(38,39)21-11-12-21)28-24(36)22-13-20(16-34(22)25(18)33)35-30-23(29-32-35)17-7-3-2-4-8-17/h2-4,6-8,10,19-22H,5,9,11-16H2,1H3,(H2-,28,31,36,37,38,39)/p+1/b10-6-/t19-,20+,22-,27-/m0/s1. The molecular weight excluding hydrogens is 532 g/mol. The number of likely N-dealkylation sites (N-methyl/N-ethyl adjacent to an activating group) is 1. The van der Waals surface area contributed by atoms with Crippen LogP contribution in [0.5, 0.6) is 0 Å². The fourth-order valence-electron chi connectivity index (χ4n) is 6.27. The van der Waals surface area contributed by atoms with Gasteiger partial charge in [-0.2, -0.15) is 9.35 Å². The van der Waals surface area contributed by atoms with Crippen molar-refractivity contribution in [2.24, 2.45) is 5.92 Å². The molecule has 3 aliphatic heterocycles.